The SMILES string of the molecule is Cc1ccc2cc1-2.N=C=O. The van der Waals surface area contributed by atoms with Crippen molar-refractivity contribution < 1.29 is 4.79 Å². The largest absolute Gasteiger partial charge is 0.231 e. The van der Waals surface area contributed by atoms with E-state index < -0.39 is 0 Å². The molecule has 0 unspecified atom stereocenters. The van der Waals surface area contributed by atoms with Crippen molar-refractivity contribution in [2.45, 2.75) is 6.92 Å². The summed E-state index contributed by atoms with van der Waals surface area (Å²) in [6.07, 6.45) is 0.750. The second-order valence-electron chi connectivity index (χ2n) is 2.13. The molecule has 0 amide bonds. The van der Waals surface area contributed by atoms with Crippen molar-refractivity contribution in [3.05, 3.63) is 23.8 Å². The maximum absolute atomic E-state index is 8.35. The molecular formula is C8H7NO. The molecule has 0 fully saturated rings. The van der Waals surface area contributed by atoms with Crippen molar-refractivity contribution in [3.8, 4) is 11.1 Å². The highest BCUT2D eigenvalue weighted by Gasteiger charge is 2.12. The molecule has 1 N–H and O–H groups in total. The summed E-state index contributed by atoms with van der Waals surface area (Å²) in [5, 5.41) is 5.40. The lowest BCUT2D eigenvalue weighted by atomic mass is 10.3. The van der Waals surface area contributed by atoms with Crippen molar-refractivity contribution in [3.63, 3.8) is 0 Å². The van der Waals surface area contributed by atoms with Gasteiger partial charge < -0.3 is 0 Å². The second-order valence-corrected chi connectivity index (χ2v) is 2.13. The number of fused-ring (bicyclic) bond motifs is 1. The van der Waals surface area contributed by atoms with Gasteiger partial charge in [-0.1, -0.05) is 12.1 Å². The van der Waals surface area contributed by atoms with Crippen molar-refractivity contribution in [1.82, 2.24) is 0 Å². The predicted molar refractivity (Wildman–Crippen MR) is 38.6 cm³/mol. The summed E-state index contributed by atoms with van der Waals surface area (Å²) in [6, 6.07) is 6.52. The van der Waals surface area contributed by atoms with Crippen molar-refractivity contribution >= 4 is 6.08 Å². The number of nitrogens with one attached hydrogen (secondary N) is 1. The van der Waals surface area contributed by atoms with Crippen molar-refractivity contribution in [2.24, 2.45) is 0 Å². The second kappa shape index (κ2) is 2.46. The van der Waals surface area contributed by atoms with Gasteiger partial charge in [-0.05, 0) is 29.7 Å². The Morgan fingerprint density at radius 3 is 2.20 bits per heavy atom. The summed E-state index contributed by atoms with van der Waals surface area (Å²) in [5.74, 6) is 0. The zero-order chi connectivity index (χ0) is 7.56. The number of hydrogen-bond donors (Lipinski definition) is 1. The van der Waals surface area contributed by atoms with E-state index in [4.69, 9.17) is 10.2 Å². The van der Waals surface area contributed by atoms with Crippen LogP contribution in [0.4, 0.5) is 0 Å². The Kier molecular flexibility index (Phi) is 1.65. The van der Waals surface area contributed by atoms with Gasteiger partial charge in [0.25, 0.3) is 0 Å². The van der Waals surface area contributed by atoms with Gasteiger partial charge in [0.15, 0.2) is 0 Å². The van der Waals surface area contributed by atoms with Gasteiger partial charge in [-0.2, -0.15) is 0 Å². The highest BCUT2D eigenvalue weighted by atomic mass is 16.1. The molecule has 10 heavy (non-hydrogen) atoms. The van der Waals surface area contributed by atoms with E-state index in [2.05, 4.69) is 25.1 Å². The lowest BCUT2D eigenvalue weighted by Gasteiger charge is -1.71. The number of hydrogen-bond acceptors (Lipinski definition) is 2. The first-order valence-corrected chi connectivity index (χ1v) is 2.94. The third-order valence-corrected chi connectivity index (χ3v) is 1.47. The Hall–Kier alpha value is -1.40. The molecule has 0 aliphatic heterocycles. The number of isocyanates is 1. The van der Waals surface area contributed by atoms with Crippen LogP contribution in [0.1, 0.15) is 5.56 Å². The summed E-state index contributed by atoms with van der Waals surface area (Å²) in [4.78, 5) is 8.35. The van der Waals surface area contributed by atoms with E-state index in [1.54, 1.807) is 0 Å². The molecule has 2 aliphatic carbocycles. The Morgan fingerprint density at radius 2 is 2.10 bits per heavy atom. The fraction of sp³-hybridized carbons (Fsp3) is 0.125. The highest BCUT2D eigenvalue weighted by molar-refractivity contribution is 5.84. The van der Waals surface area contributed by atoms with Crippen molar-refractivity contribution in [1.29, 1.82) is 5.41 Å². The average Bonchev–Trinajstić information content (AvgIpc) is 2.57. The molecule has 0 aromatic carbocycles. The molecule has 2 aliphatic rings. The first kappa shape index (κ1) is 6.72. The third kappa shape index (κ3) is 1.12. The minimum atomic E-state index is 0.750. The third-order valence-electron chi connectivity index (χ3n) is 1.47. The molecule has 0 aromatic heterocycles. The van der Waals surface area contributed by atoms with Gasteiger partial charge >= 0.3 is 0 Å². The van der Waals surface area contributed by atoms with Gasteiger partial charge in [-0.15, -0.1) is 0 Å². The van der Waals surface area contributed by atoms with Crippen LogP contribution in [-0.4, -0.2) is 6.08 Å². The lowest BCUT2D eigenvalue weighted by Crippen LogP contribution is -1.51. The molecule has 2 rings (SSSR count). The Balaban J connectivity index is 0.000000148. The van der Waals surface area contributed by atoms with Gasteiger partial charge in [0, 0.05) is 0 Å². The Labute approximate surface area is 59.0 Å². The fourth-order valence-corrected chi connectivity index (χ4v) is 0.903. The first-order chi connectivity index (χ1) is 4.79. The summed E-state index contributed by atoms with van der Waals surface area (Å²) in [7, 11) is 0. The van der Waals surface area contributed by atoms with Crippen LogP contribution in [0.25, 0.3) is 11.1 Å². The molecule has 0 atom stereocenters. The molecule has 2 nitrogen and oxygen atoms in total. The van der Waals surface area contributed by atoms with Gasteiger partial charge in [0.05, 0.1) is 0 Å². The standard InChI is InChI=1S/C7H6.CHNO/c1-5-2-3-6-4-7(5)6;2-1-3/h2-4H,1H3;2H. The van der Waals surface area contributed by atoms with Crippen LogP contribution < -0.4 is 0 Å². The highest BCUT2D eigenvalue weighted by Crippen LogP contribution is 2.37. The quantitative estimate of drug-likeness (QED) is 0.432. The molecule has 2 heteroatoms. The number of rotatable bonds is 0. The van der Waals surface area contributed by atoms with Gasteiger partial charge in [0.1, 0.15) is 0 Å². The maximum atomic E-state index is 8.35. The molecule has 0 radical (unpaired) electrons. The summed E-state index contributed by atoms with van der Waals surface area (Å²) in [5.41, 5.74) is 4.34. The molecule has 0 bridgehead atoms. The van der Waals surface area contributed by atoms with E-state index in [-0.39, 0.29) is 0 Å². The predicted octanol–water partition coefficient (Wildman–Crippen LogP) is 1.88. The molecule has 0 saturated carbocycles. The summed E-state index contributed by atoms with van der Waals surface area (Å²) in [6.45, 7) is 2.14. The van der Waals surface area contributed by atoms with Crippen LogP contribution in [0, 0.1) is 12.3 Å². The smallest absolute Gasteiger partial charge is 0.222 e. The van der Waals surface area contributed by atoms with E-state index in [1.165, 1.54) is 16.7 Å². The molecule has 0 spiro atoms. The van der Waals surface area contributed by atoms with Crippen LogP contribution in [0.5, 0.6) is 0 Å². The van der Waals surface area contributed by atoms with E-state index in [0.717, 1.165) is 6.08 Å². The summed E-state index contributed by atoms with van der Waals surface area (Å²) < 4.78 is 0. The topological polar surface area (TPSA) is 40.9 Å². The van der Waals surface area contributed by atoms with Crippen molar-refractivity contribution in [2.75, 3.05) is 0 Å². The van der Waals surface area contributed by atoms with Crippen LogP contribution in [0.3, 0.4) is 0 Å². The monoisotopic (exact) mass is 133 g/mol. The minimum Gasteiger partial charge on any atom is -0.222 e. The number of carbonyl (C=O) groups excluding carboxylic acids is 1. The van der Waals surface area contributed by atoms with Crippen LogP contribution in [0.2, 0.25) is 0 Å². The Bertz CT molecular complexity index is 285. The number of aryl methyl sites for hydroxylation is 1. The van der Waals surface area contributed by atoms with E-state index in [0.29, 0.717) is 0 Å². The van der Waals surface area contributed by atoms with E-state index >= 15 is 0 Å². The molecule has 0 saturated heterocycles. The van der Waals surface area contributed by atoms with Crippen LogP contribution in [-0.2, 0) is 4.79 Å². The molecule has 50 valence electrons. The van der Waals surface area contributed by atoms with E-state index in [9.17, 15) is 0 Å². The minimum absolute atomic E-state index is 0.750. The fourth-order valence-electron chi connectivity index (χ4n) is 0.903. The maximum Gasteiger partial charge on any atom is 0.231 e. The zero-order valence-corrected chi connectivity index (χ0v) is 5.64. The average molecular weight is 133 g/mol. The lowest BCUT2D eigenvalue weighted by molar-refractivity contribution is 0.563. The van der Waals surface area contributed by atoms with Crippen LogP contribution >= 0.6 is 0 Å². The normalized spacial score (nSPS) is 8.90. The Morgan fingerprint density at radius 1 is 1.50 bits per heavy atom. The zero-order valence-electron chi connectivity index (χ0n) is 5.64. The van der Waals surface area contributed by atoms with Gasteiger partial charge in [-0.25, -0.2) is 10.2 Å². The number of benzene rings is 1. The van der Waals surface area contributed by atoms with Gasteiger partial charge in [-0.3, -0.25) is 0 Å². The van der Waals surface area contributed by atoms with Crippen LogP contribution in [0.15, 0.2) is 18.2 Å². The summed E-state index contributed by atoms with van der Waals surface area (Å²) >= 11 is 0. The molecular weight excluding hydrogens is 126 g/mol. The van der Waals surface area contributed by atoms with E-state index in [1.807, 2.05) is 0 Å². The van der Waals surface area contributed by atoms with Gasteiger partial charge in [0.2, 0.25) is 6.08 Å². The first-order valence-electron chi connectivity index (χ1n) is 2.94. The molecule has 0 heterocycles. The molecule has 0 aromatic rings.